The largest absolute Gasteiger partial charge is 0.394 e. The Labute approximate surface area is 112 Å². The normalized spacial score (nSPS) is 23.2. The van der Waals surface area contributed by atoms with Crippen molar-refractivity contribution in [3.05, 3.63) is 0 Å². The quantitative estimate of drug-likeness (QED) is 0.611. The predicted molar refractivity (Wildman–Crippen MR) is 74.9 cm³/mol. The average Bonchev–Trinajstić information content (AvgIpc) is 2.41. The number of likely N-dealkylation sites (tertiary alicyclic amines) is 1. The Morgan fingerprint density at radius 1 is 1.39 bits per heavy atom. The molecule has 0 aliphatic carbocycles. The van der Waals surface area contributed by atoms with Gasteiger partial charge in [-0.25, -0.2) is 0 Å². The van der Waals surface area contributed by atoms with Crippen LogP contribution in [0.15, 0.2) is 0 Å². The minimum Gasteiger partial charge on any atom is -0.394 e. The van der Waals surface area contributed by atoms with E-state index in [0.29, 0.717) is 18.7 Å². The van der Waals surface area contributed by atoms with Gasteiger partial charge in [-0.1, -0.05) is 13.3 Å². The van der Waals surface area contributed by atoms with Crippen LogP contribution in [0.4, 0.5) is 0 Å². The van der Waals surface area contributed by atoms with E-state index in [2.05, 4.69) is 24.1 Å². The molecular formula is C14H30N2O2. The molecule has 1 rings (SSSR count). The van der Waals surface area contributed by atoms with Gasteiger partial charge in [0.15, 0.2) is 0 Å². The Bertz CT molecular complexity index is 202. The van der Waals surface area contributed by atoms with Crippen molar-refractivity contribution in [2.75, 3.05) is 39.5 Å². The lowest BCUT2D eigenvalue weighted by atomic mass is 9.96. The Balaban J connectivity index is 2.31. The van der Waals surface area contributed by atoms with E-state index in [0.717, 1.165) is 19.7 Å². The average molecular weight is 258 g/mol. The summed E-state index contributed by atoms with van der Waals surface area (Å²) in [7, 11) is 0. The Morgan fingerprint density at radius 3 is 2.94 bits per heavy atom. The van der Waals surface area contributed by atoms with Gasteiger partial charge < -0.3 is 15.2 Å². The van der Waals surface area contributed by atoms with Crippen molar-refractivity contribution in [3.63, 3.8) is 0 Å². The molecule has 0 aromatic heterocycles. The number of hydrogen-bond acceptors (Lipinski definition) is 4. The Hall–Kier alpha value is -0.160. The fraction of sp³-hybridized carbons (Fsp3) is 1.00. The van der Waals surface area contributed by atoms with Crippen LogP contribution in [-0.4, -0.2) is 61.5 Å². The first-order chi connectivity index (χ1) is 8.79. The van der Waals surface area contributed by atoms with Crippen LogP contribution in [0.2, 0.25) is 0 Å². The third-order valence-electron chi connectivity index (χ3n) is 3.72. The summed E-state index contributed by atoms with van der Waals surface area (Å²) in [5.74, 6) is 0. The standard InChI is InChI=1S/C14H30N2O2/c1-3-7-15-13(2)14-6-4-5-8-16(14)9-11-18-12-10-17/h13-15,17H,3-12H2,1-2H3. The Morgan fingerprint density at radius 2 is 2.22 bits per heavy atom. The van der Waals surface area contributed by atoms with Crippen LogP contribution in [0.3, 0.4) is 0 Å². The molecule has 108 valence electrons. The van der Waals surface area contributed by atoms with Gasteiger partial charge in [-0.05, 0) is 39.3 Å². The van der Waals surface area contributed by atoms with Gasteiger partial charge in [0.25, 0.3) is 0 Å². The summed E-state index contributed by atoms with van der Waals surface area (Å²) >= 11 is 0. The van der Waals surface area contributed by atoms with Crippen molar-refractivity contribution in [1.29, 1.82) is 0 Å². The lowest BCUT2D eigenvalue weighted by Gasteiger charge is -2.39. The predicted octanol–water partition coefficient (Wildman–Crippen LogP) is 1.24. The van der Waals surface area contributed by atoms with Crippen molar-refractivity contribution in [1.82, 2.24) is 10.2 Å². The van der Waals surface area contributed by atoms with Crippen molar-refractivity contribution in [2.45, 2.75) is 51.6 Å². The summed E-state index contributed by atoms with van der Waals surface area (Å²) in [6.07, 6.45) is 5.13. The molecule has 4 heteroatoms. The van der Waals surface area contributed by atoms with E-state index in [1.807, 2.05) is 0 Å². The summed E-state index contributed by atoms with van der Waals surface area (Å²) in [5, 5.41) is 12.3. The van der Waals surface area contributed by atoms with Crippen LogP contribution < -0.4 is 5.32 Å². The zero-order chi connectivity index (χ0) is 13.2. The van der Waals surface area contributed by atoms with Gasteiger partial charge in [-0.2, -0.15) is 0 Å². The van der Waals surface area contributed by atoms with E-state index in [1.165, 1.54) is 32.2 Å². The van der Waals surface area contributed by atoms with E-state index in [4.69, 9.17) is 9.84 Å². The van der Waals surface area contributed by atoms with Crippen LogP contribution in [0, 0.1) is 0 Å². The number of aliphatic hydroxyl groups is 1. The van der Waals surface area contributed by atoms with Crippen LogP contribution in [-0.2, 0) is 4.74 Å². The van der Waals surface area contributed by atoms with Crippen LogP contribution in [0.1, 0.15) is 39.5 Å². The molecule has 0 radical (unpaired) electrons. The number of piperidine rings is 1. The molecule has 0 aromatic carbocycles. The molecule has 1 aliphatic heterocycles. The van der Waals surface area contributed by atoms with Crippen molar-refractivity contribution in [2.24, 2.45) is 0 Å². The molecule has 1 aliphatic rings. The number of ether oxygens (including phenoxy) is 1. The molecule has 1 fully saturated rings. The monoisotopic (exact) mass is 258 g/mol. The van der Waals surface area contributed by atoms with Crippen LogP contribution in [0.25, 0.3) is 0 Å². The Kier molecular flexibility index (Phi) is 8.59. The maximum absolute atomic E-state index is 8.69. The maximum Gasteiger partial charge on any atom is 0.0698 e. The van der Waals surface area contributed by atoms with Crippen LogP contribution in [0.5, 0.6) is 0 Å². The molecule has 0 aromatic rings. The van der Waals surface area contributed by atoms with E-state index in [-0.39, 0.29) is 6.61 Å². The highest BCUT2D eigenvalue weighted by molar-refractivity contribution is 4.84. The fourth-order valence-corrected chi connectivity index (χ4v) is 2.72. The van der Waals surface area contributed by atoms with Gasteiger partial charge in [0.2, 0.25) is 0 Å². The molecule has 2 N–H and O–H groups in total. The van der Waals surface area contributed by atoms with Gasteiger partial charge in [-0.3, -0.25) is 4.90 Å². The van der Waals surface area contributed by atoms with Crippen molar-refractivity contribution < 1.29 is 9.84 Å². The minimum absolute atomic E-state index is 0.123. The van der Waals surface area contributed by atoms with Gasteiger partial charge in [-0.15, -0.1) is 0 Å². The number of nitrogens with zero attached hydrogens (tertiary/aromatic N) is 1. The first-order valence-corrected chi connectivity index (χ1v) is 7.45. The van der Waals surface area contributed by atoms with Gasteiger partial charge >= 0.3 is 0 Å². The highest BCUT2D eigenvalue weighted by Crippen LogP contribution is 2.19. The molecule has 2 atom stereocenters. The molecule has 0 bridgehead atoms. The summed E-state index contributed by atoms with van der Waals surface area (Å²) in [6.45, 7) is 9.10. The molecule has 18 heavy (non-hydrogen) atoms. The highest BCUT2D eigenvalue weighted by atomic mass is 16.5. The topological polar surface area (TPSA) is 44.7 Å². The lowest BCUT2D eigenvalue weighted by molar-refractivity contribution is 0.0460. The number of nitrogens with one attached hydrogen (secondary N) is 1. The second-order valence-corrected chi connectivity index (χ2v) is 5.18. The van der Waals surface area contributed by atoms with E-state index >= 15 is 0 Å². The number of aliphatic hydroxyl groups excluding tert-OH is 1. The van der Waals surface area contributed by atoms with Crippen molar-refractivity contribution in [3.8, 4) is 0 Å². The molecule has 4 nitrogen and oxygen atoms in total. The zero-order valence-corrected chi connectivity index (χ0v) is 12.0. The van der Waals surface area contributed by atoms with Crippen LogP contribution >= 0.6 is 0 Å². The van der Waals surface area contributed by atoms with Gasteiger partial charge in [0.05, 0.1) is 19.8 Å². The van der Waals surface area contributed by atoms with Crippen molar-refractivity contribution >= 4 is 0 Å². The molecule has 1 saturated heterocycles. The van der Waals surface area contributed by atoms with E-state index in [9.17, 15) is 0 Å². The first-order valence-electron chi connectivity index (χ1n) is 7.45. The fourth-order valence-electron chi connectivity index (χ4n) is 2.72. The summed E-state index contributed by atoms with van der Waals surface area (Å²) in [5.41, 5.74) is 0. The summed E-state index contributed by atoms with van der Waals surface area (Å²) in [6, 6.07) is 1.20. The third kappa shape index (κ3) is 5.65. The molecular weight excluding hydrogens is 228 g/mol. The molecule has 2 unspecified atom stereocenters. The maximum atomic E-state index is 8.69. The zero-order valence-electron chi connectivity index (χ0n) is 12.0. The van der Waals surface area contributed by atoms with E-state index < -0.39 is 0 Å². The number of rotatable bonds is 9. The van der Waals surface area contributed by atoms with Gasteiger partial charge in [0, 0.05) is 18.6 Å². The minimum atomic E-state index is 0.123. The summed E-state index contributed by atoms with van der Waals surface area (Å²) in [4.78, 5) is 2.55. The second-order valence-electron chi connectivity index (χ2n) is 5.18. The molecule has 0 saturated carbocycles. The highest BCUT2D eigenvalue weighted by Gasteiger charge is 2.26. The molecule has 1 heterocycles. The first kappa shape index (κ1) is 15.9. The summed E-state index contributed by atoms with van der Waals surface area (Å²) < 4.78 is 5.38. The lowest BCUT2D eigenvalue weighted by Crippen LogP contribution is -2.52. The third-order valence-corrected chi connectivity index (χ3v) is 3.72. The SMILES string of the molecule is CCCNC(C)C1CCCCN1CCOCCO. The molecule has 0 amide bonds. The smallest absolute Gasteiger partial charge is 0.0698 e. The molecule has 0 spiro atoms. The van der Waals surface area contributed by atoms with E-state index in [1.54, 1.807) is 0 Å². The van der Waals surface area contributed by atoms with Gasteiger partial charge in [0.1, 0.15) is 0 Å². The second kappa shape index (κ2) is 9.73. The number of hydrogen-bond donors (Lipinski definition) is 2.